The molecule has 2 aromatic heterocycles. The normalized spacial score (nSPS) is 10.6. The lowest BCUT2D eigenvalue weighted by atomic mass is 10.1. The van der Waals surface area contributed by atoms with Gasteiger partial charge in [0.05, 0.1) is 0 Å². The molecular weight excluding hydrogens is 214 g/mol. The molecule has 0 spiro atoms. The number of hydrogen-bond donors (Lipinski definition) is 1. The number of aromatic nitrogens is 1. The van der Waals surface area contributed by atoms with E-state index >= 15 is 0 Å². The zero-order valence-electron chi connectivity index (χ0n) is 10.4. The van der Waals surface area contributed by atoms with Gasteiger partial charge in [-0.3, -0.25) is 0 Å². The lowest BCUT2D eigenvalue weighted by Gasteiger charge is -2.17. The maximum Gasteiger partial charge on any atom is 0.134 e. The fourth-order valence-electron chi connectivity index (χ4n) is 1.88. The highest BCUT2D eigenvalue weighted by atomic mass is 16.3. The Labute approximate surface area is 101 Å². The first kappa shape index (κ1) is 11.7. The fraction of sp³-hybridized carbons (Fsp3) is 0.308. The molecule has 4 nitrogen and oxygen atoms in total. The quantitative estimate of drug-likeness (QED) is 0.879. The summed E-state index contributed by atoms with van der Waals surface area (Å²) in [4.78, 5) is 6.31. The zero-order chi connectivity index (χ0) is 12.4. The molecule has 2 aromatic rings. The van der Waals surface area contributed by atoms with Crippen molar-refractivity contribution in [2.45, 2.75) is 13.5 Å². The molecule has 0 amide bonds. The Kier molecular flexibility index (Phi) is 3.15. The molecule has 2 N–H and O–H groups in total. The molecule has 4 heteroatoms. The van der Waals surface area contributed by atoms with Gasteiger partial charge in [0.15, 0.2) is 0 Å². The summed E-state index contributed by atoms with van der Waals surface area (Å²) in [5, 5.41) is 0. The van der Waals surface area contributed by atoms with Gasteiger partial charge in [0, 0.05) is 38.0 Å². The van der Waals surface area contributed by atoms with Crippen LogP contribution < -0.4 is 10.6 Å². The van der Waals surface area contributed by atoms with Gasteiger partial charge in [-0.15, -0.1) is 0 Å². The predicted octanol–water partition coefficient (Wildman–Crippen LogP) is 2.17. The van der Waals surface area contributed by atoms with Crippen LogP contribution in [0.3, 0.4) is 0 Å². The first-order chi connectivity index (χ1) is 8.13. The summed E-state index contributed by atoms with van der Waals surface area (Å²) >= 11 is 0. The molecule has 0 radical (unpaired) electrons. The summed E-state index contributed by atoms with van der Waals surface area (Å²) in [5.74, 6) is 2.62. The summed E-state index contributed by atoms with van der Waals surface area (Å²) in [6.45, 7) is 2.37. The third-order valence-electron chi connectivity index (χ3n) is 2.67. The highest BCUT2D eigenvalue weighted by Gasteiger charge is 2.13. The van der Waals surface area contributed by atoms with E-state index in [1.165, 1.54) is 0 Å². The molecule has 0 saturated carbocycles. The van der Waals surface area contributed by atoms with Crippen LogP contribution in [-0.4, -0.2) is 19.1 Å². The Balaban J connectivity index is 2.58. The molecule has 0 aliphatic rings. The zero-order valence-corrected chi connectivity index (χ0v) is 10.4. The first-order valence-electron chi connectivity index (χ1n) is 5.55. The first-order valence-corrected chi connectivity index (χ1v) is 5.55. The Morgan fingerprint density at radius 3 is 2.59 bits per heavy atom. The topological polar surface area (TPSA) is 55.3 Å². The number of anilines is 1. The Morgan fingerprint density at radius 1 is 1.29 bits per heavy atom. The molecule has 0 atom stereocenters. The molecule has 0 unspecified atom stereocenters. The number of nitrogens with zero attached hydrogens (tertiary/aromatic N) is 2. The van der Waals surface area contributed by atoms with Gasteiger partial charge in [0.1, 0.15) is 17.3 Å². The van der Waals surface area contributed by atoms with Crippen molar-refractivity contribution < 1.29 is 4.42 Å². The van der Waals surface area contributed by atoms with Gasteiger partial charge >= 0.3 is 0 Å². The van der Waals surface area contributed by atoms with Gasteiger partial charge < -0.3 is 15.1 Å². The molecule has 0 bridgehead atoms. The molecule has 2 rings (SSSR count). The largest absolute Gasteiger partial charge is 0.461 e. The minimum Gasteiger partial charge on any atom is -0.461 e. The maximum absolute atomic E-state index is 5.83. The van der Waals surface area contributed by atoms with Gasteiger partial charge in [-0.25, -0.2) is 4.98 Å². The second-order valence-corrected chi connectivity index (χ2v) is 4.17. The van der Waals surface area contributed by atoms with Gasteiger partial charge in [-0.1, -0.05) is 0 Å². The molecule has 2 heterocycles. The van der Waals surface area contributed by atoms with E-state index in [0.29, 0.717) is 6.54 Å². The van der Waals surface area contributed by atoms with E-state index in [-0.39, 0.29) is 0 Å². The second-order valence-electron chi connectivity index (χ2n) is 4.17. The monoisotopic (exact) mass is 231 g/mol. The lowest BCUT2D eigenvalue weighted by Crippen LogP contribution is -2.15. The van der Waals surface area contributed by atoms with Gasteiger partial charge in [-0.05, 0) is 25.1 Å². The van der Waals surface area contributed by atoms with Crippen molar-refractivity contribution in [3.8, 4) is 11.3 Å². The van der Waals surface area contributed by atoms with Crippen LogP contribution in [0.25, 0.3) is 11.3 Å². The predicted molar refractivity (Wildman–Crippen MR) is 68.9 cm³/mol. The molecule has 0 aromatic carbocycles. The number of aryl methyl sites for hydroxylation is 1. The van der Waals surface area contributed by atoms with Crippen molar-refractivity contribution in [1.82, 2.24) is 4.98 Å². The summed E-state index contributed by atoms with van der Waals surface area (Å²) in [7, 11) is 3.91. The highest BCUT2D eigenvalue weighted by molar-refractivity contribution is 5.68. The van der Waals surface area contributed by atoms with E-state index in [2.05, 4.69) is 4.98 Å². The van der Waals surface area contributed by atoms with Crippen molar-refractivity contribution in [2.75, 3.05) is 19.0 Å². The Morgan fingerprint density at radius 2 is 2.06 bits per heavy atom. The van der Waals surface area contributed by atoms with Crippen LogP contribution in [0.4, 0.5) is 5.82 Å². The van der Waals surface area contributed by atoms with Gasteiger partial charge in [0.2, 0.25) is 0 Å². The van der Waals surface area contributed by atoms with Crippen molar-refractivity contribution in [2.24, 2.45) is 5.73 Å². The molecule has 90 valence electrons. The molecule has 0 aliphatic carbocycles. The van der Waals surface area contributed by atoms with Crippen LogP contribution in [0.1, 0.15) is 11.3 Å². The van der Waals surface area contributed by atoms with Crippen LogP contribution in [-0.2, 0) is 6.54 Å². The van der Waals surface area contributed by atoms with Crippen LogP contribution in [0, 0.1) is 6.92 Å². The number of furan rings is 1. The minimum atomic E-state index is 0.441. The van der Waals surface area contributed by atoms with E-state index in [9.17, 15) is 0 Å². The third-order valence-corrected chi connectivity index (χ3v) is 2.67. The number of hydrogen-bond acceptors (Lipinski definition) is 4. The van der Waals surface area contributed by atoms with Gasteiger partial charge in [0.25, 0.3) is 0 Å². The molecule has 0 aliphatic heterocycles. The van der Waals surface area contributed by atoms with Gasteiger partial charge in [-0.2, -0.15) is 0 Å². The molecule has 17 heavy (non-hydrogen) atoms. The highest BCUT2D eigenvalue weighted by Crippen LogP contribution is 2.29. The smallest absolute Gasteiger partial charge is 0.134 e. The Bertz CT molecular complexity index is 517. The Hall–Kier alpha value is -1.81. The molecule has 0 fully saturated rings. The summed E-state index contributed by atoms with van der Waals surface area (Å²) in [5.41, 5.74) is 7.84. The average Bonchev–Trinajstić information content (AvgIpc) is 2.74. The van der Waals surface area contributed by atoms with Crippen LogP contribution in [0.5, 0.6) is 0 Å². The third kappa shape index (κ3) is 2.17. The number of rotatable bonds is 3. The average molecular weight is 231 g/mol. The molecule has 0 saturated heterocycles. The van der Waals surface area contributed by atoms with Crippen molar-refractivity contribution in [3.05, 3.63) is 35.7 Å². The van der Waals surface area contributed by atoms with Crippen molar-refractivity contribution in [1.29, 1.82) is 0 Å². The van der Waals surface area contributed by atoms with Crippen LogP contribution in [0.2, 0.25) is 0 Å². The van der Waals surface area contributed by atoms with Crippen LogP contribution in [0.15, 0.2) is 28.8 Å². The van der Waals surface area contributed by atoms with E-state index in [1.807, 2.05) is 44.1 Å². The van der Waals surface area contributed by atoms with E-state index < -0.39 is 0 Å². The second kappa shape index (κ2) is 4.59. The van der Waals surface area contributed by atoms with E-state index in [1.54, 1.807) is 6.20 Å². The SMILES string of the molecule is Cc1ccc(-c2ccnc(N(C)C)c2CN)o1. The van der Waals surface area contributed by atoms with Crippen molar-refractivity contribution >= 4 is 5.82 Å². The summed E-state index contributed by atoms with van der Waals surface area (Å²) in [6, 6.07) is 5.85. The number of nitrogens with two attached hydrogens (primary N) is 1. The fourth-order valence-corrected chi connectivity index (χ4v) is 1.88. The number of pyridine rings is 1. The van der Waals surface area contributed by atoms with Crippen molar-refractivity contribution in [3.63, 3.8) is 0 Å². The summed E-state index contributed by atoms with van der Waals surface area (Å²) in [6.07, 6.45) is 1.78. The lowest BCUT2D eigenvalue weighted by molar-refractivity contribution is 0.547. The summed E-state index contributed by atoms with van der Waals surface area (Å²) < 4.78 is 5.64. The standard InChI is InChI=1S/C13H17N3O/c1-9-4-5-12(17-9)10-6-7-15-13(16(2)3)11(10)8-14/h4-7H,8,14H2,1-3H3. The molecular formula is C13H17N3O. The van der Waals surface area contributed by atoms with Crippen LogP contribution >= 0.6 is 0 Å². The van der Waals surface area contributed by atoms with E-state index in [0.717, 1.165) is 28.5 Å². The van der Waals surface area contributed by atoms with E-state index in [4.69, 9.17) is 10.2 Å². The minimum absolute atomic E-state index is 0.441. The maximum atomic E-state index is 5.83.